The molecule has 2 unspecified atom stereocenters. The second-order valence-electron chi connectivity index (χ2n) is 26.0. The first-order chi connectivity index (χ1) is 37.0. The molecule has 10 aromatic carbocycles. The molecule has 0 aliphatic carbocycles. The first kappa shape index (κ1) is 69.2. The average Bonchev–Trinajstić information content (AvgIpc) is 4.24. The van der Waals surface area contributed by atoms with Crippen LogP contribution in [0.1, 0.15) is 153 Å². The van der Waals surface area contributed by atoms with E-state index in [0.29, 0.717) is 11.8 Å². The summed E-state index contributed by atoms with van der Waals surface area (Å²) in [7, 11) is 0. The maximum absolute atomic E-state index is 3.06. The second-order valence-corrected chi connectivity index (χ2v) is 26.0. The van der Waals surface area contributed by atoms with Crippen LogP contribution in [0.4, 0.5) is 0 Å². The Labute approximate surface area is 525 Å². The zero-order valence-corrected chi connectivity index (χ0v) is 57.1. The van der Waals surface area contributed by atoms with Gasteiger partial charge in [-0.15, -0.1) is 69.6 Å². The quantitative estimate of drug-likeness (QED) is 0.0946. The first-order valence-electron chi connectivity index (χ1n) is 28.2. The van der Waals surface area contributed by atoms with Crippen molar-refractivity contribution in [1.29, 1.82) is 0 Å². The number of rotatable bonds is 10. The number of halogens is 2. The summed E-state index contributed by atoms with van der Waals surface area (Å²) in [6.07, 6.45) is 2.06. The average molecular weight is 1220 g/mol. The zero-order chi connectivity index (χ0) is 56.2. The predicted octanol–water partition coefficient (Wildman–Crippen LogP) is 23.0. The van der Waals surface area contributed by atoms with E-state index in [1.807, 2.05) is 0 Å². The van der Waals surface area contributed by atoms with Crippen LogP contribution in [0.3, 0.4) is 0 Å². The Morgan fingerprint density at radius 2 is 0.573 bits per heavy atom. The summed E-state index contributed by atoms with van der Waals surface area (Å²) in [5.74, 6) is 0.939. The molecule has 0 N–H and O–H groups in total. The fourth-order valence-corrected chi connectivity index (χ4v) is 11.1. The number of hydrogen-bond acceptors (Lipinski definition) is 0. The third-order valence-electron chi connectivity index (χ3n) is 16.0. The Bertz CT molecular complexity index is 3130. The van der Waals surface area contributed by atoms with Crippen LogP contribution in [0, 0.1) is 14.9 Å². The van der Waals surface area contributed by atoms with Crippen LogP contribution in [-0.2, 0) is 57.8 Å². The van der Waals surface area contributed by atoms with Crippen molar-refractivity contribution in [3.8, 4) is 44.5 Å². The Kier molecular flexibility index (Phi) is 24.4. The molecule has 2 radical (unpaired) electrons. The Morgan fingerprint density at radius 1 is 0.341 bits per heavy atom. The van der Waals surface area contributed by atoms with Crippen molar-refractivity contribution in [2.24, 2.45) is 0 Å². The predicted molar refractivity (Wildman–Crippen MR) is 366 cm³/mol. The molecular formula is C78H90Cl2SiZr-4. The molecule has 0 saturated heterocycles. The summed E-state index contributed by atoms with van der Waals surface area (Å²) in [5.41, 5.74) is 22.1. The molecule has 2 atom stereocenters. The minimum absolute atomic E-state index is 0. The molecule has 0 amide bonds. The summed E-state index contributed by atoms with van der Waals surface area (Å²) in [6, 6.07) is 77.6. The summed E-state index contributed by atoms with van der Waals surface area (Å²) in [6.45, 7) is 35.0. The summed E-state index contributed by atoms with van der Waals surface area (Å²) in [4.78, 5) is 0. The van der Waals surface area contributed by atoms with Gasteiger partial charge in [0.15, 0.2) is 0 Å². The molecular weight excluding hydrogens is 1130 g/mol. The van der Waals surface area contributed by atoms with Crippen LogP contribution in [0.25, 0.3) is 66.1 Å². The van der Waals surface area contributed by atoms with Gasteiger partial charge in [0, 0.05) is 0 Å². The van der Waals surface area contributed by atoms with Gasteiger partial charge in [-0.2, -0.15) is 12.1 Å². The van der Waals surface area contributed by atoms with Crippen LogP contribution in [-0.4, -0.2) is 6.88 Å². The topological polar surface area (TPSA) is 0 Å². The van der Waals surface area contributed by atoms with Gasteiger partial charge >= 0.3 is 30.2 Å². The van der Waals surface area contributed by atoms with Crippen molar-refractivity contribution < 1.29 is 23.3 Å². The molecule has 0 nitrogen and oxygen atoms in total. The van der Waals surface area contributed by atoms with Gasteiger partial charge in [-0.25, -0.2) is 0 Å². The molecule has 0 bridgehead atoms. The van der Waals surface area contributed by atoms with Crippen molar-refractivity contribution in [1.82, 2.24) is 0 Å². The molecule has 0 saturated carbocycles. The molecule has 0 heterocycles. The maximum atomic E-state index is 3.06. The molecule has 10 aromatic rings. The van der Waals surface area contributed by atoms with Crippen LogP contribution in [0.5, 0.6) is 0 Å². The fraction of sp³-hybridized carbons (Fsp3) is 0.282. The number of benzene rings is 8. The van der Waals surface area contributed by atoms with Crippen molar-refractivity contribution in [3.05, 3.63) is 266 Å². The van der Waals surface area contributed by atoms with E-state index in [9.17, 15) is 0 Å². The van der Waals surface area contributed by atoms with Crippen LogP contribution in [0.15, 0.2) is 206 Å². The summed E-state index contributed by atoms with van der Waals surface area (Å²) in [5, 5.41) is 5.39. The molecule has 0 aliphatic rings. The Hall–Kier alpha value is -5.34. The molecule has 0 aromatic heterocycles. The van der Waals surface area contributed by atoms with Crippen molar-refractivity contribution in [3.63, 3.8) is 0 Å². The van der Waals surface area contributed by atoms with E-state index < -0.39 is 0 Å². The Morgan fingerprint density at radius 3 is 0.817 bits per heavy atom. The van der Waals surface area contributed by atoms with Crippen molar-refractivity contribution in [2.75, 3.05) is 0 Å². The van der Waals surface area contributed by atoms with Gasteiger partial charge in [-0.1, -0.05) is 312 Å². The normalized spacial score (nSPS) is 12.2. The molecule has 82 heavy (non-hydrogen) atoms. The van der Waals surface area contributed by atoms with Crippen molar-refractivity contribution >= 4 is 53.2 Å². The SMILES string of the molecule is CC(Cc1cc2c(-c3ccc(C(C)(C)C)cc3)ccc(-c3ccc(C(C)(C)C)cc3)c2[cH-]1)c1ccccc1.CC(Cc1cc2c(-c3ccc(C(C)(C)C)cc3)ccc(-c3ccc(C(C)(C)C)cc3)c2[cH-]1)c1ccccc1.Cl.Cl.[CH3-].[CH3-].[Si]=[Zr]. The first-order valence-corrected chi connectivity index (χ1v) is 32.4. The van der Waals surface area contributed by atoms with E-state index in [2.05, 4.69) is 310 Å². The summed E-state index contributed by atoms with van der Waals surface area (Å²) >= 11 is 1.36. The van der Waals surface area contributed by atoms with Gasteiger partial charge in [0.25, 0.3) is 0 Å². The second kappa shape index (κ2) is 29.0. The van der Waals surface area contributed by atoms with Gasteiger partial charge in [0.2, 0.25) is 0 Å². The zero-order valence-electron chi connectivity index (χ0n) is 52.0. The minimum atomic E-state index is 0. The third-order valence-corrected chi connectivity index (χ3v) is 16.0. The standard InChI is InChI=1S/2C38H41.2CH3.2ClH.Si.Zr/c2*1-26(28-11-9-8-10-12-28)23-27-24-35-33(29-13-17-31(18-14-29)37(2,3)4)21-22-34(36(35)25-27)30-15-19-32(20-16-30)38(5,6)7;;;;;;/h2*8-22,24-26H,23H2,1-7H3;2*1H3;2*1H;;/q4*-1;;;;. The summed E-state index contributed by atoms with van der Waals surface area (Å²) < 4.78 is 0. The number of hydrogen-bond donors (Lipinski definition) is 0. The van der Waals surface area contributed by atoms with Gasteiger partial charge in [-0.05, 0) is 90.8 Å². The molecule has 0 spiro atoms. The fourth-order valence-electron chi connectivity index (χ4n) is 11.1. The molecule has 10 rings (SSSR count). The third kappa shape index (κ3) is 16.5. The number of fused-ring (bicyclic) bond motifs is 2. The monoisotopic (exact) mass is 1210 g/mol. The van der Waals surface area contributed by atoms with E-state index >= 15 is 0 Å². The van der Waals surface area contributed by atoms with Crippen LogP contribution >= 0.6 is 24.8 Å². The van der Waals surface area contributed by atoms with Crippen LogP contribution in [0.2, 0.25) is 0 Å². The molecule has 428 valence electrons. The van der Waals surface area contributed by atoms with Crippen LogP contribution < -0.4 is 0 Å². The van der Waals surface area contributed by atoms with Gasteiger partial charge in [0.1, 0.15) is 0 Å². The van der Waals surface area contributed by atoms with E-state index in [4.69, 9.17) is 0 Å². The van der Waals surface area contributed by atoms with E-state index in [-0.39, 0.29) is 61.3 Å². The molecule has 4 heteroatoms. The van der Waals surface area contributed by atoms with E-state index in [1.54, 1.807) is 0 Å². The Balaban J connectivity index is 0.000000327. The van der Waals surface area contributed by atoms with Gasteiger partial charge in [-0.3, -0.25) is 0 Å². The molecule has 0 fully saturated rings. The van der Waals surface area contributed by atoms with Gasteiger partial charge < -0.3 is 14.9 Å². The van der Waals surface area contributed by atoms with Gasteiger partial charge in [0.05, 0.1) is 0 Å². The molecule has 0 aliphatic heterocycles. The van der Waals surface area contributed by atoms with Crippen molar-refractivity contribution in [2.45, 2.75) is 143 Å². The van der Waals surface area contributed by atoms with E-state index in [0.717, 1.165) is 12.8 Å². The van der Waals surface area contributed by atoms with E-state index in [1.165, 1.54) is 134 Å².